The largest absolute Gasteiger partial charge is 0.368 e. The van der Waals surface area contributed by atoms with Gasteiger partial charge in [-0.1, -0.05) is 71.7 Å². The maximum absolute atomic E-state index is 12.7. The number of aromatic nitrogens is 2. The summed E-state index contributed by atoms with van der Waals surface area (Å²) in [6, 6.07) is 25.2. The standard InChI is InChI=1S/C27H23Cl2N5O/c28-22-7-4-8-23(29)25(22)32-27(35)34-17-15-33(16-18-34)21-11-9-19(10-12-21)24-13-14-30-26(31-24)20-5-2-1-3-6-20/h1-14H,15-18H2,(H,32,35). The number of hydrogen-bond acceptors (Lipinski definition) is 4. The number of hydrogen-bond donors (Lipinski definition) is 1. The molecule has 2 amide bonds. The van der Waals surface area contributed by atoms with Crippen LogP contribution in [0.2, 0.25) is 10.0 Å². The maximum atomic E-state index is 12.7. The van der Waals surface area contributed by atoms with Gasteiger partial charge in [0.2, 0.25) is 0 Å². The van der Waals surface area contributed by atoms with Crippen molar-refractivity contribution in [1.29, 1.82) is 0 Å². The number of carbonyl (C=O) groups excluding carboxylic acids is 1. The van der Waals surface area contributed by atoms with E-state index in [0.717, 1.165) is 35.6 Å². The van der Waals surface area contributed by atoms with Gasteiger partial charge in [0, 0.05) is 49.2 Å². The molecule has 1 fully saturated rings. The Labute approximate surface area is 214 Å². The molecular weight excluding hydrogens is 481 g/mol. The molecule has 2 heterocycles. The Balaban J connectivity index is 1.22. The number of para-hydroxylation sites is 1. The third kappa shape index (κ3) is 5.24. The van der Waals surface area contributed by atoms with E-state index < -0.39 is 0 Å². The SMILES string of the molecule is O=C(Nc1c(Cl)cccc1Cl)N1CCN(c2ccc(-c3ccnc(-c4ccccc4)n3)cc2)CC1. The smallest absolute Gasteiger partial charge is 0.322 e. The van der Waals surface area contributed by atoms with Crippen molar-refractivity contribution in [2.45, 2.75) is 0 Å². The fraction of sp³-hybridized carbons (Fsp3) is 0.148. The van der Waals surface area contributed by atoms with Crippen LogP contribution < -0.4 is 10.2 Å². The molecule has 1 aliphatic heterocycles. The Morgan fingerprint density at radius 3 is 2.14 bits per heavy atom. The first kappa shape index (κ1) is 23.1. The van der Waals surface area contributed by atoms with Gasteiger partial charge in [0.05, 0.1) is 21.4 Å². The maximum Gasteiger partial charge on any atom is 0.322 e. The Morgan fingerprint density at radius 1 is 0.771 bits per heavy atom. The van der Waals surface area contributed by atoms with Gasteiger partial charge in [0.25, 0.3) is 0 Å². The molecule has 0 aliphatic carbocycles. The Hall–Kier alpha value is -3.61. The number of nitrogens with zero attached hydrogens (tertiary/aromatic N) is 4. The lowest BCUT2D eigenvalue weighted by atomic mass is 10.1. The van der Waals surface area contributed by atoms with Gasteiger partial charge < -0.3 is 15.1 Å². The molecule has 1 aliphatic rings. The van der Waals surface area contributed by atoms with Crippen LogP contribution in [0.15, 0.2) is 85.1 Å². The fourth-order valence-corrected chi connectivity index (χ4v) is 4.55. The second-order valence-electron chi connectivity index (χ2n) is 8.18. The molecule has 35 heavy (non-hydrogen) atoms. The minimum absolute atomic E-state index is 0.201. The molecule has 1 N–H and O–H groups in total. The Kier molecular flexibility index (Phi) is 6.84. The number of rotatable bonds is 4. The summed E-state index contributed by atoms with van der Waals surface area (Å²) in [6.45, 7) is 2.66. The number of halogens is 2. The highest BCUT2D eigenvalue weighted by atomic mass is 35.5. The lowest BCUT2D eigenvalue weighted by Gasteiger charge is -2.36. The lowest BCUT2D eigenvalue weighted by molar-refractivity contribution is 0.208. The van der Waals surface area contributed by atoms with Crippen LogP contribution in [0.3, 0.4) is 0 Å². The van der Waals surface area contributed by atoms with Gasteiger partial charge in [-0.25, -0.2) is 14.8 Å². The van der Waals surface area contributed by atoms with Crippen LogP contribution >= 0.6 is 23.2 Å². The van der Waals surface area contributed by atoms with Crippen LogP contribution in [0.25, 0.3) is 22.6 Å². The lowest BCUT2D eigenvalue weighted by Crippen LogP contribution is -2.50. The first-order chi connectivity index (χ1) is 17.1. The summed E-state index contributed by atoms with van der Waals surface area (Å²) in [5, 5.41) is 3.68. The van der Waals surface area contributed by atoms with Crippen molar-refractivity contribution in [3.8, 4) is 22.6 Å². The summed E-state index contributed by atoms with van der Waals surface area (Å²) in [5.74, 6) is 0.708. The topological polar surface area (TPSA) is 61.4 Å². The van der Waals surface area contributed by atoms with Crippen molar-refractivity contribution in [1.82, 2.24) is 14.9 Å². The molecule has 3 aromatic carbocycles. The second kappa shape index (κ2) is 10.3. The van der Waals surface area contributed by atoms with Crippen LogP contribution in [0.4, 0.5) is 16.2 Å². The van der Waals surface area contributed by atoms with E-state index in [9.17, 15) is 4.79 Å². The summed E-state index contributed by atoms with van der Waals surface area (Å²) in [6.07, 6.45) is 1.79. The minimum Gasteiger partial charge on any atom is -0.368 e. The Morgan fingerprint density at radius 2 is 1.46 bits per heavy atom. The Bertz CT molecular complexity index is 1300. The number of anilines is 2. The molecule has 0 saturated carbocycles. The van der Waals surface area contributed by atoms with Gasteiger partial charge in [-0.2, -0.15) is 0 Å². The van der Waals surface area contributed by atoms with E-state index in [0.29, 0.717) is 34.6 Å². The molecule has 0 atom stereocenters. The van der Waals surface area contributed by atoms with Crippen LogP contribution in [0.1, 0.15) is 0 Å². The first-order valence-corrected chi connectivity index (χ1v) is 12.1. The normalized spacial score (nSPS) is 13.5. The van der Waals surface area contributed by atoms with Gasteiger partial charge in [-0.15, -0.1) is 0 Å². The van der Waals surface area contributed by atoms with E-state index in [1.807, 2.05) is 36.4 Å². The summed E-state index contributed by atoms with van der Waals surface area (Å²) in [5.41, 5.74) is 4.46. The molecule has 6 nitrogen and oxygen atoms in total. The first-order valence-electron chi connectivity index (χ1n) is 11.3. The van der Waals surface area contributed by atoms with Crippen LogP contribution in [-0.4, -0.2) is 47.1 Å². The molecule has 0 bridgehead atoms. The molecule has 4 aromatic rings. The highest BCUT2D eigenvalue weighted by Crippen LogP contribution is 2.30. The number of carbonyl (C=O) groups is 1. The summed E-state index contributed by atoms with van der Waals surface area (Å²) in [7, 11) is 0. The number of urea groups is 1. The van der Waals surface area contributed by atoms with Crippen molar-refractivity contribution >= 4 is 40.6 Å². The molecular formula is C27H23Cl2N5O. The van der Waals surface area contributed by atoms with E-state index in [4.69, 9.17) is 28.2 Å². The van der Waals surface area contributed by atoms with Gasteiger partial charge in [-0.3, -0.25) is 0 Å². The van der Waals surface area contributed by atoms with E-state index in [1.54, 1.807) is 29.3 Å². The van der Waals surface area contributed by atoms with Crippen molar-refractivity contribution < 1.29 is 4.79 Å². The van der Waals surface area contributed by atoms with Crippen LogP contribution in [-0.2, 0) is 0 Å². The van der Waals surface area contributed by atoms with Crippen molar-refractivity contribution in [2.75, 3.05) is 36.4 Å². The zero-order valence-electron chi connectivity index (χ0n) is 18.9. The van der Waals surface area contributed by atoms with Gasteiger partial charge in [-0.05, 0) is 30.3 Å². The second-order valence-corrected chi connectivity index (χ2v) is 8.99. The molecule has 0 radical (unpaired) electrons. The van der Waals surface area contributed by atoms with Crippen molar-refractivity contribution in [2.24, 2.45) is 0 Å². The van der Waals surface area contributed by atoms with Crippen LogP contribution in [0.5, 0.6) is 0 Å². The van der Waals surface area contributed by atoms with Gasteiger partial charge in [0.15, 0.2) is 5.82 Å². The summed E-state index contributed by atoms with van der Waals surface area (Å²) < 4.78 is 0. The van der Waals surface area contributed by atoms with Crippen molar-refractivity contribution in [3.05, 3.63) is 95.1 Å². The number of amides is 2. The summed E-state index contributed by atoms with van der Waals surface area (Å²) in [4.78, 5) is 25.9. The fourth-order valence-electron chi connectivity index (χ4n) is 4.06. The van der Waals surface area contributed by atoms with Gasteiger partial charge >= 0.3 is 6.03 Å². The highest BCUT2D eigenvalue weighted by molar-refractivity contribution is 6.39. The number of nitrogens with one attached hydrogen (secondary N) is 1. The highest BCUT2D eigenvalue weighted by Gasteiger charge is 2.22. The molecule has 8 heteroatoms. The molecule has 0 spiro atoms. The van der Waals surface area contributed by atoms with Crippen molar-refractivity contribution in [3.63, 3.8) is 0 Å². The monoisotopic (exact) mass is 503 g/mol. The number of piperazine rings is 1. The summed E-state index contributed by atoms with van der Waals surface area (Å²) >= 11 is 12.4. The molecule has 5 rings (SSSR count). The number of benzene rings is 3. The zero-order chi connectivity index (χ0) is 24.2. The third-order valence-corrected chi connectivity index (χ3v) is 6.61. The molecule has 176 valence electrons. The zero-order valence-corrected chi connectivity index (χ0v) is 20.4. The minimum atomic E-state index is -0.201. The van der Waals surface area contributed by atoms with E-state index in [2.05, 4.69) is 39.5 Å². The predicted octanol–water partition coefficient (Wildman–Crippen LogP) is 6.47. The molecule has 1 saturated heterocycles. The predicted molar refractivity (Wildman–Crippen MR) is 142 cm³/mol. The quantitative estimate of drug-likeness (QED) is 0.346. The molecule has 0 unspecified atom stereocenters. The average molecular weight is 504 g/mol. The van der Waals surface area contributed by atoms with E-state index >= 15 is 0 Å². The average Bonchev–Trinajstić information content (AvgIpc) is 2.91. The van der Waals surface area contributed by atoms with Crippen LogP contribution in [0, 0.1) is 0 Å². The van der Waals surface area contributed by atoms with Gasteiger partial charge in [0.1, 0.15) is 0 Å². The van der Waals surface area contributed by atoms with E-state index in [-0.39, 0.29) is 6.03 Å². The molecule has 1 aromatic heterocycles. The van der Waals surface area contributed by atoms with E-state index in [1.165, 1.54) is 0 Å². The third-order valence-electron chi connectivity index (χ3n) is 5.98.